The molecule has 0 saturated carbocycles. The summed E-state index contributed by atoms with van der Waals surface area (Å²) in [4.78, 5) is 26.5. The molecule has 2 aliphatic rings. The van der Waals surface area contributed by atoms with E-state index in [0.29, 0.717) is 6.54 Å². The van der Waals surface area contributed by atoms with Crippen LogP contribution >= 0.6 is 0 Å². The van der Waals surface area contributed by atoms with Crippen molar-refractivity contribution < 1.29 is 19.8 Å². The summed E-state index contributed by atoms with van der Waals surface area (Å²) < 4.78 is 0. The predicted molar refractivity (Wildman–Crippen MR) is 64.2 cm³/mol. The molecule has 6 heteroatoms. The number of amides is 2. The van der Waals surface area contributed by atoms with E-state index >= 15 is 0 Å². The first-order valence-corrected chi connectivity index (χ1v) is 6.52. The highest BCUT2D eigenvalue weighted by Crippen LogP contribution is 2.25. The number of carboxylic acids is 1. The van der Waals surface area contributed by atoms with Crippen LogP contribution in [0.3, 0.4) is 0 Å². The number of hydrogen-bond acceptors (Lipinski definition) is 3. The predicted octanol–water partition coefficient (Wildman–Crippen LogP) is 0.501. The molecule has 3 atom stereocenters. The number of aliphatic carboxylic acids is 1. The maximum Gasteiger partial charge on any atom is 0.326 e. The molecule has 0 radical (unpaired) electrons. The molecule has 0 aromatic carbocycles. The number of carbonyl (C=O) groups is 2. The fourth-order valence-electron chi connectivity index (χ4n) is 2.94. The van der Waals surface area contributed by atoms with Gasteiger partial charge < -0.3 is 20.0 Å². The molecular formula is C12H20N2O4. The van der Waals surface area contributed by atoms with Crippen molar-refractivity contribution >= 4 is 12.0 Å². The summed E-state index contributed by atoms with van der Waals surface area (Å²) in [6, 6.07) is -0.904. The fourth-order valence-corrected chi connectivity index (χ4v) is 2.94. The number of urea groups is 1. The summed E-state index contributed by atoms with van der Waals surface area (Å²) in [5.41, 5.74) is 0. The van der Waals surface area contributed by atoms with Crippen LogP contribution in [0.2, 0.25) is 0 Å². The van der Waals surface area contributed by atoms with E-state index in [-0.39, 0.29) is 25.0 Å². The summed E-state index contributed by atoms with van der Waals surface area (Å²) in [6.07, 6.45) is 2.25. The highest BCUT2D eigenvalue weighted by molar-refractivity contribution is 5.83. The van der Waals surface area contributed by atoms with Gasteiger partial charge in [-0.05, 0) is 19.3 Å². The molecule has 2 rings (SSSR count). The minimum Gasteiger partial charge on any atom is -0.480 e. The van der Waals surface area contributed by atoms with Gasteiger partial charge in [-0.1, -0.05) is 6.92 Å². The Morgan fingerprint density at radius 2 is 2.06 bits per heavy atom. The SMILES string of the molecule is CCC1CCCN1C(=O)N1CC(O)C[C@H]1C(=O)O. The van der Waals surface area contributed by atoms with Gasteiger partial charge in [0, 0.05) is 25.6 Å². The monoisotopic (exact) mass is 256 g/mol. The Kier molecular flexibility index (Phi) is 3.75. The number of β-amino-alcohol motifs (C(OH)–C–C–N with tert-alkyl or cyclic N) is 1. The largest absolute Gasteiger partial charge is 0.480 e. The zero-order valence-corrected chi connectivity index (χ0v) is 10.6. The van der Waals surface area contributed by atoms with Gasteiger partial charge in [0.2, 0.25) is 0 Å². The lowest BCUT2D eigenvalue weighted by Crippen LogP contribution is -2.49. The molecule has 2 unspecified atom stereocenters. The number of carbonyl (C=O) groups excluding carboxylic acids is 1. The Balaban J connectivity index is 2.10. The fraction of sp³-hybridized carbons (Fsp3) is 0.833. The molecular weight excluding hydrogens is 236 g/mol. The van der Waals surface area contributed by atoms with Crippen molar-refractivity contribution in [3.05, 3.63) is 0 Å². The Bertz CT molecular complexity index is 347. The van der Waals surface area contributed by atoms with E-state index in [1.807, 2.05) is 6.92 Å². The number of aliphatic hydroxyl groups is 1. The first kappa shape index (κ1) is 13.1. The molecule has 0 aromatic rings. The maximum atomic E-state index is 12.4. The van der Waals surface area contributed by atoms with Crippen LogP contribution in [0.4, 0.5) is 4.79 Å². The average molecular weight is 256 g/mol. The quantitative estimate of drug-likeness (QED) is 0.754. The normalized spacial score (nSPS) is 32.0. The van der Waals surface area contributed by atoms with Crippen molar-refractivity contribution in [3.63, 3.8) is 0 Å². The van der Waals surface area contributed by atoms with Crippen LogP contribution in [-0.4, -0.2) is 63.3 Å². The molecule has 0 aromatic heterocycles. The average Bonchev–Trinajstić information content (AvgIpc) is 2.93. The number of carboxylic acid groups (broad SMARTS) is 1. The van der Waals surface area contributed by atoms with E-state index in [4.69, 9.17) is 5.11 Å². The number of aliphatic hydroxyl groups excluding tert-OH is 1. The Morgan fingerprint density at radius 3 is 2.67 bits per heavy atom. The van der Waals surface area contributed by atoms with Gasteiger partial charge >= 0.3 is 12.0 Å². The minimum absolute atomic E-state index is 0.128. The van der Waals surface area contributed by atoms with Gasteiger partial charge in [0.05, 0.1) is 6.10 Å². The third-order valence-electron chi connectivity index (χ3n) is 3.90. The Labute approximate surface area is 106 Å². The van der Waals surface area contributed by atoms with E-state index in [1.165, 1.54) is 4.90 Å². The molecule has 2 aliphatic heterocycles. The van der Waals surface area contributed by atoms with Crippen LogP contribution in [0, 0.1) is 0 Å². The zero-order valence-electron chi connectivity index (χ0n) is 10.6. The summed E-state index contributed by atoms with van der Waals surface area (Å²) in [6.45, 7) is 2.85. The van der Waals surface area contributed by atoms with E-state index in [9.17, 15) is 14.7 Å². The molecule has 2 saturated heterocycles. The second-order valence-electron chi connectivity index (χ2n) is 5.08. The third kappa shape index (κ3) is 2.29. The molecule has 6 nitrogen and oxygen atoms in total. The summed E-state index contributed by atoms with van der Waals surface area (Å²) in [5, 5.41) is 18.7. The minimum atomic E-state index is -1.04. The molecule has 2 amide bonds. The molecule has 2 N–H and O–H groups in total. The van der Waals surface area contributed by atoms with Crippen molar-refractivity contribution in [1.29, 1.82) is 0 Å². The van der Waals surface area contributed by atoms with Gasteiger partial charge in [0.1, 0.15) is 6.04 Å². The maximum absolute atomic E-state index is 12.4. The van der Waals surface area contributed by atoms with Crippen molar-refractivity contribution in [1.82, 2.24) is 9.80 Å². The Hall–Kier alpha value is -1.30. The van der Waals surface area contributed by atoms with Crippen molar-refractivity contribution in [2.45, 2.75) is 50.8 Å². The van der Waals surface area contributed by atoms with E-state index < -0.39 is 18.1 Å². The van der Waals surface area contributed by atoms with Crippen molar-refractivity contribution in [2.24, 2.45) is 0 Å². The van der Waals surface area contributed by atoms with Gasteiger partial charge in [-0.25, -0.2) is 9.59 Å². The van der Waals surface area contributed by atoms with Crippen LogP contribution in [-0.2, 0) is 4.79 Å². The molecule has 2 heterocycles. The number of rotatable bonds is 2. The van der Waals surface area contributed by atoms with Gasteiger partial charge in [-0.3, -0.25) is 0 Å². The summed E-state index contributed by atoms with van der Waals surface area (Å²) in [5.74, 6) is -1.04. The molecule has 0 spiro atoms. The van der Waals surface area contributed by atoms with Gasteiger partial charge in [-0.15, -0.1) is 0 Å². The highest BCUT2D eigenvalue weighted by Gasteiger charge is 2.42. The third-order valence-corrected chi connectivity index (χ3v) is 3.90. The number of nitrogens with zero attached hydrogens (tertiary/aromatic N) is 2. The standard InChI is InChI=1S/C12H20N2O4/c1-2-8-4-3-5-13(8)12(18)14-7-9(15)6-10(14)11(16)17/h8-10,15H,2-7H2,1H3,(H,16,17)/t8?,9?,10-/m0/s1. The Morgan fingerprint density at radius 1 is 1.33 bits per heavy atom. The zero-order chi connectivity index (χ0) is 13.3. The molecule has 2 fully saturated rings. The molecule has 102 valence electrons. The van der Waals surface area contributed by atoms with Crippen LogP contribution in [0.15, 0.2) is 0 Å². The van der Waals surface area contributed by atoms with Crippen LogP contribution in [0.25, 0.3) is 0 Å². The van der Waals surface area contributed by atoms with Gasteiger partial charge in [0.25, 0.3) is 0 Å². The molecule has 18 heavy (non-hydrogen) atoms. The van der Waals surface area contributed by atoms with E-state index in [1.54, 1.807) is 4.90 Å². The first-order chi connectivity index (χ1) is 8.54. The van der Waals surface area contributed by atoms with Crippen molar-refractivity contribution in [2.75, 3.05) is 13.1 Å². The topological polar surface area (TPSA) is 81.1 Å². The van der Waals surface area contributed by atoms with E-state index in [2.05, 4.69) is 0 Å². The van der Waals surface area contributed by atoms with E-state index in [0.717, 1.165) is 19.3 Å². The first-order valence-electron chi connectivity index (χ1n) is 6.52. The lowest BCUT2D eigenvalue weighted by Gasteiger charge is -2.31. The lowest BCUT2D eigenvalue weighted by molar-refractivity contribution is -0.141. The second kappa shape index (κ2) is 5.14. The van der Waals surface area contributed by atoms with Crippen LogP contribution in [0.5, 0.6) is 0 Å². The smallest absolute Gasteiger partial charge is 0.326 e. The van der Waals surface area contributed by atoms with Crippen LogP contribution < -0.4 is 0 Å². The van der Waals surface area contributed by atoms with Crippen LogP contribution in [0.1, 0.15) is 32.6 Å². The lowest BCUT2D eigenvalue weighted by atomic mass is 10.2. The second-order valence-corrected chi connectivity index (χ2v) is 5.08. The molecule has 0 bridgehead atoms. The summed E-state index contributed by atoms with van der Waals surface area (Å²) >= 11 is 0. The van der Waals surface area contributed by atoms with Crippen molar-refractivity contribution in [3.8, 4) is 0 Å². The number of hydrogen-bond donors (Lipinski definition) is 2. The number of likely N-dealkylation sites (tertiary alicyclic amines) is 2. The highest BCUT2D eigenvalue weighted by atomic mass is 16.4. The molecule has 0 aliphatic carbocycles. The van der Waals surface area contributed by atoms with Gasteiger partial charge in [-0.2, -0.15) is 0 Å². The summed E-state index contributed by atoms with van der Waals surface area (Å²) in [7, 11) is 0. The van der Waals surface area contributed by atoms with Gasteiger partial charge in [0.15, 0.2) is 0 Å².